The van der Waals surface area contributed by atoms with Crippen LogP contribution in [0.5, 0.6) is 0 Å². The van der Waals surface area contributed by atoms with E-state index in [-0.39, 0.29) is 18.2 Å². The van der Waals surface area contributed by atoms with Gasteiger partial charge in [0.15, 0.2) is 0 Å². The highest BCUT2D eigenvalue weighted by atomic mass is 32.1. The lowest BCUT2D eigenvalue weighted by molar-refractivity contribution is -0.149. The van der Waals surface area contributed by atoms with E-state index in [2.05, 4.69) is 10.1 Å². The summed E-state index contributed by atoms with van der Waals surface area (Å²) in [4.78, 5) is 31.0. The highest BCUT2D eigenvalue weighted by Crippen LogP contribution is 2.42. The molecule has 1 amide bonds. The van der Waals surface area contributed by atoms with Gasteiger partial charge in [0, 0.05) is 19.4 Å². The van der Waals surface area contributed by atoms with Gasteiger partial charge in [-0.05, 0) is 36.1 Å². The molecule has 132 valence electrons. The first-order chi connectivity index (χ1) is 12.1. The highest BCUT2D eigenvalue weighted by molar-refractivity contribution is 7.13. The van der Waals surface area contributed by atoms with Crippen LogP contribution in [0.25, 0.3) is 10.7 Å². The summed E-state index contributed by atoms with van der Waals surface area (Å²) < 4.78 is 5.21. The van der Waals surface area contributed by atoms with Crippen LogP contribution in [0.15, 0.2) is 22.0 Å². The smallest absolute Gasteiger partial charge is 0.326 e. The van der Waals surface area contributed by atoms with E-state index >= 15 is 0 Å². The lowest BCUT2D eigenvalue weighted by atomic mass is 9.94. The number of carboxylic acids is 1. The van der Waals surface area contributed by atoms with Crippen LogP contribution in [0.1, 0.15) is 31.6 Å². The van der Waals surface area contributed by atoms with Crippen LogP contribution in [-0.2, 0) is 16.0 Å². The third-order valence-corrected chi connectivity index (χ3v) is 6.09. The number of carboxylic acid groups (broad SMARTS) is 1. The molecule has 1 saturated heterocycles. The minimum atomic E-state index is -0.888. The lowest BCUT2D eigenvalue weighted by Crippen LogP contribution is -2.43. The molecule has 1 saturated carbocycles. The largest absolute Gasteiger partial charge is 0.480 e. The molecule has 3 atom stereocenters. The minimum Gasteiger partial charge on any atom is -0.480 e. The number of aliphatic carboxylic acids is 1. The average molecular weight is 361 g/mol. The summed E-state index contributed by atoms with van der Waals surface area (Å²) >= 11 is 1.52. The molecule has 2 fully saturated rings. The van der Waals surface area contributed by atoms with Crippen molar-refractivity contribution in [1.82, 2.24) is 15.0 Å². The molecule has 2 aromatic heterocycles. The second kappa shape index (κ2) is 6.59. The van der Waals surface area contributed by atoms with Crippen LogP contribution < -0.4 is 0 Å². The van der Waals surface area contributed by atoms with Gasteiger partial charge in [0.1, 0.15) is 6.04 Å². The number of fused-ring (bicyclic) bond motifs is 1. The average Bonchev–Trinajstić information content (AvgIpc) is 3.35. The van der Waals surface area contributed by atoms with E-state index in [1.54, 1.807) is 4.90 Å². The Morgan fingerprint density at radius 3 is 3.04 bits per heavy atom. The summed E-state index contributed by atoms with van der Waals surface area (Å²) in [5.41, 5.74) is 0. The second-order valence-corrected chi connectivity index (χ2v) is 7.62. The maximum absolute atomic E-state index is 12.6. The molecule has 8 heteroatoms. The quantitative estimate of drug-likeness (QED) is 0.879. The van der Waals surface area contributed by atoms with Crippen LogP contribution in [0.4, 0.5) is 0 Å². The van der Waals surface area contributed by atoms with E-state index in [0.717, 1.165) is 24.1 Å². The number of carbonyl (C=O) groups excluding carboxylic acids is 1. The van der Waals surface area contributed by atoms with Gasteiger partial charge in [0.2, 0.25) is 17.6 Å². The van der Waals surface area contributed by atoms with Crippen molar-refractivity contribution in [1.29, 1.82) is 0 Å². The van der Waals surface area contributed by atoms with E-state index in [9.17, 15) is 14.7 Å². The van der Waals surface area contributed by atoms with Crippen LogP contribution in [-0.4, -0.2) is 44.6 Å². The zero-order valence-corrected chi connectivity index (χ0v) is 14.4. The zero-order valence-electron chi connectivity index (χ0n) is 13.6. The van der Waals surface area contributed by atoms with Gasteiger partial charge in [-0.25, -0.2) is 4.79 Å². The molecule has 4 rings (SSSR count). The first-order valence-electron chi connectivity index (χ1n) is 8.52. The van der Waals surface area contributed by atoms with Gasteiger partial charge in [-0.2, -0.15) is 4.98 Å². The summed E-state index contributed by atoms with van der Waals surface area (Å²) in [7, 11) is 0. The van der Waals surface area contributed by atoms with E-state index in [1.165, 1.54) is 11.3 Å². The number of aromatic nitrogens is 2. The number of amides is 1. The Hall–Kier alpha value is -2.22. The van der Waals surface area contributed by atoms with Gasteiger partial charge >= 0.3 is 5.97 Å². The Morgan fingerprint density at radius 1 is 1.40 bits per heavy atom. The van der Waals surface area contributed by atoms with Crippen LogP contribution >= 0.6 is 11.3 Å². The summed E-state index contributed by atoms with van der Waals surface area (Å²) in [6.45, 7) is 0.560. The molecule has 2 aromatic rings. The molecule has 0 aromatic carbocycles. The number of thiophene rings is 1. The molecule has 25 heavy (non-hydrogen) atoms. The Balaban J connectivity index is 1.40. The number of rotatable bonds is 5. The lowest BCUT2D eigenvalue weighted by Gasteiger charge is -2.24. The number of likely N-dealkylation sites (tertiary alicyclic amines) is 1. The Labute approximate surface area is 148 Å². The number of carbonyl (C=O) groups is 2. The van der Waals surface area contributed by atoms with Gasteiger partial charge in [-0.15, -0.1) is 11.3 Å². The molecule has 7 nitrogen and oxygen atoms in total. The van der Waals surface area contributed by atoms with Crippen molar-refractivity contribution in [3.8, 4) is 10.7 Å². The molecule has 3 unspecified atom stereocenters. The molecule has 1 N–H and O–H groups in total. The van der Waals surface area contributed by atoms with Crippen molar-refractivity contribution in [3.05, 3.63) is 23.4 Å². The molecular formula is C17H19N3O4S. The van der Waals surface area contributed by atoms with Gasteiger partial charge in [0.05, 0.1) is 4.88 Å². The molecule has 1 aliphatic carbocycles. The number of hydrogen-bond donors (Lipinski definition) is 1. The van der Waals surface area contributed by atoms with E-state index in [0.29, 0.717) is 30.6 Å². The Kier molecular flexibility index (Phi) is 4.29. The number of hydrogen-bond acceptors (Lipinski definition) is 6. The fourth-order valence-electron chi connectivity index (χ4n) is 4.10. The summed E-state index contributed by atoms with van der Waals surface area (Å²) in [6.07, 6.45) is 3.50. The summed E-state index contributed by atoms with van der Waals surface area (Å²) in [6, 6.07) is 3.14. The zero-order chi connectivity index (χ0) is 17.4. The van der Waals surface area contributed by atoms with Crippen molar-refractivity contribution in [2.75, 3.05) is 6.54 Å². The fourth-order valence-corrected chi connectivity index (χ4v) is 4.75. The van der Waals surface area contributed by atoms with Gasteiger partial charge in [-0.3, -0.25) is 4.79 Å². The van der Waals surface area contributed by atoms with Crippen LogP contribution in [0.3, 0.4) is 0 Å². The number of nitrogens with zero attached hydrogens (tertiary/aromatic N) is 3. The van der Waals surface area contributed by atoms with Gasteiger partial charge in [-0.1, -0.05) is 17.6 Å². The van der Waals surface area contributed by atoms with E-state index in [4.69, 9.17) is 4.52 Å². The maximum atomic E-state index is 12.6. The third kappa shape index (κ3) is 3.06. The number of aryl methyl sites for hydroxylation is 1. The monoisotopic (exact) mass is 361 g/mol. The SMILES string of the molecule is O=C(O)C1C2CCCC2CN1C(=O)CCc1nc(-c2cccs2)no1. The fraction of sp³-hybridized carbons (Fsp3) is 0.529. The van der Waals surface area contributed by atoms with E-state index < -0.39 is 12.0 Å². The van der Waals surface area contributed by atoms with Crippen LogP contribution in [0, 0.1) is 11.8 Å². The molecule has 3 heterocycles. The highest BCUT2D eigenvalue weighted by Gasteiger charge is 2.49. The predicted octanol–water partition coefficient (Wildman–Crippen LogP) is 2.44. The van der Waals surface area contributed by atoms with E-state index in [1.807, 2.05) is 17.5 Å². The molecular weight excluding hydrogens is 342 g/mol. The van der Waals surface area contributed by atoms with Gasteiger partial charge in [0.25, 0.3) is 0 Å². The minimum absolute atomic E-state index is 0.107. The molecule has 0 bridgehead atoms. The summed E-state index contributed by atoms with van der Waals surface area (Å²) in [5, 5.41) is 15.4. The Bertz CT molecular complexity index is 773. The normalized spacial score (nSPS) is 25.3. The first-order valence-corrected chi connectivity index (χ1v) is 9.40. The molecule has 0 spiro atoms. The summed E-state index contributed by atoms with van der Waals surface area (Å²) in [5.74, 6) is 0.340. The molecule has 2 aliphatic rings. The van der Waals surface area contributed by atoms with Gasteiger partial charge < -0.3 is 14.5 Å². The van der Waals surface area contributed by atoms with Crippen molar-refractivity contribution in [3.63, 3.8) is 0 Å². The molecule has 0 radical (unpaired) electrons. The first kappa shape index (κ1) is 16.3. The maximum Gasteiger partial charge on any atom is 0.326 e. The standard InChI is InChI=1S/C17H19N3O4S/c21-14(20-9-10-3-1-4-11(10)15(20)17(22)23)7-6-13-18-16(19-24-13)12-5-2-8-25-12/h2,5,8,10-11,15H,1,3-4,6-7,9H2,(H,22,23). The Morgan fingerprint density at radius 2 is 2.28 bits per heavy atom. The third-order valence-electron chi connectivity index (χ3n) is 5.23. The topological polar surface area (TPSA) is 96.5 Å². The van der Waals surface area contributed by atoms with Crippen molar-refractivity contribution in [2.24, 2.45) is 11.8 Å². The second-order valence-electron chi connectivity index (χ2n) is 6.67. The van der Waals surface area contributed by atoms with Crippen LogP contribution in [0.2, 0.25) is 0 Å². The molecule has 1 aliphatic heterocycles. The van der Waals surface area contributed by atoms with Crippen molar-refractivity contribution in [2.45, 2.75) is 38.1 Å². The van der Waals surface area contributed by atoms with Crippen molar-refractivity contribution >= 4 is 23.2 Å². The van der Waals surface area contributed by atoms with Crippen molar-refractivity contribution < 1.29 is 19.2 Å². The predicted molar refractivity (Wildman–Crippen MR) is 89.9 cm³/mol.